The summed E-state index contributed by atoms with van der Waals surface area (Å²) in [6, 6.07) is 22.7. The van der Waals surface area contributed by atoms with Gasteiger partial charge in [0.25, 0.3) is 0 Å². The van der Waals surface area contributed by atoms with Crippen LogP contribution in [0.15, 0.2) is 71.7 Å². The van der Waals surface area contributed by atoms with Crippen LogP contribution >= 0.6 is 22.7 Å². The van der Waals surface area contributed by atoms with Crippen molar-refractivity contribution in [1.29, 1.82) is 0 Å². The van der Waals surface area contributed by atoms with E-state index >= 15 is 0 Å². The minimum Gasteiger partial charge on any atom is -0.302 e. The average Bonchev–Trinajstić information content (AvgIpc) is 3.38. The maximum absolute atomic E-state index is 4.80. The molecule has 2 heterocycles. The molecule has 0 amide bonds. The van der Waals surface area contributed by atoms with E-state index in [1.807, 2.05) is 18.2 Å². The number of thiazole rings is 2. The van der Waals surface area contributed by atoms with Gasteiger partial charge in [-0.3, -0.25) is 0 Å². The van der Waals surface area contributed by atoms with Crippen molar-refractivity contribution in [3.63, 3.8) is 0 Å². The molecule has 2 N–H and O–H groups in total. The number of guanidine groups is 1. The number of nitrogens with one attached hydrogen (secondary N) is 2. The van der Waals surface area contributed by atoms with Gasteiger partial charge in [0.15, 0.2) is 10.3 Å². The molecule has 0 aliphatic heterocycles. The number of benzene rings is 3. The topological polar surface area (TPSA) is 62.2 Å². The van der Waals surface area contributed by atoms with E-state index in [1.165, 1.54) is 11.1 Å². The van der Waals surface area contributed by atoms with Crippen LogP contribution in [-0.4, -0.2) is 15.9 Å². The van der Waals surface area contributed by atoms with Gasteiger partial charge in [0.2, 0.25) is 5.96 Å². The molecule has 5 rings (SSSR count). The number of para-hydroxylation sites is 2. The van der Waals surface area contributed by atoms with Gasteiger partial charge >= 0.3 is 0 Å². The number of fused-ring (bicyclic) bond motifs is 2. The molecule has 0 aliphatic carbocycles. The Bertz CT molecular complexity index is 1300. The highest BCUT2D eigenvalue weighted by Gasteiger charge is 2.11. The van der Waals surface area contributed by atoms with Crippen molar-refractivity contribution >= 4 is 59.3 Å². The lowest BCUT2D eigenvalue weighted by Crippen LogP contribution is -2.22. The van der Waals surface area contributed by atoms with Crippen molar-refractivity contribution in [2.75, 3.05) is 10.6 Å². The van der Waals surface area contributed by atoms with Gasteiger partial charge in [0.1, 0.15) is 0 Å². The molecule has 0 saturated heterocycles. The highest BCUT2D eigenvalue weighted by molar-refractivity contribution is 7.23. The van der Waals surface area contributed by atoms with Crippen molar-refractivity contribution in [3.8, 4) is 0 Å². The molecule has 0 unspecified atom stereocenters. The van der Waals surface area contributed by atoms with Crippen molar-refractivity contribution in [2.24, 2.45) is 4.99 Å². The van der Waals surface area contributed by atoms with Crippen LogP contribution in [0.5, 0.6) is 0 Å². The normalized spacial score (nSPS) is 11.0. The molecule has 5 nitrogen and oxygen atoms in total. The van der Waals surface area contributed by atoms with Crippen LogP contribution in [0, 0.1) is 13.8 Å². The Labute approximate surface area is 188 Å². The Balaban J connectivity index is 1.46. The SMILES string of the molecule is Cc1cccc2sc(NC(=NCc3ccccc3)Nc3nc4c(C)cccc4s3)nc12. The summed E-state index contributed by atoms with van der Waals surface area (Å²) in [5.41, 5.74) is 5.52. The van der Waals surface area contributed by atoms with Gasteiger partial charge in [-0.1, -0.05) is 77.3 Å². The van der Waals surface area contributed by atoms with Gasteiger partial charge in [-0.2, -0.15) is 0 Å². The quantitative estimate of drug-likeness (QED) is 0.243. The number of nitrogens with zero attached hydrogens (tertiary/aromatic N) is 3. The van der Waals surface area contributed by atoms with Crippen LogP contribution in [0.4, 0.5) is 10.3 Å². The minimum atomic E-state index is 0.560. The van der Waals surface area contributed by atoms with E-state index < -0.39 is 0 Å². The Kier molecular flexibility index (Phi) is 5.36. The van der Waals surface area contributed by atoms with Crippen LogP contribution in [-0.2, 0) is 6.54 Å². The Morgan fingerprint density at radius 2 is 1.29 bits per heavy atom. The first-order valence-corrected chi connectivity index (χ1v) is 11.6. The summed E-state index contributed by atoms with van der Waals surface area (Å²) < 4.78 is 2.31. The fraction of sp³-hybridized carbons (Fsp3) is 0.125. The van der Waals surface area contributed by atoms with Crippen molar-refractivity contribution in [2.45, 2.75) is 20.4 Å². The first-order chi connectivity index (χ1) is 15.2. The average molecular weight is 444 g/mol. The summed E-state index contributed by atoms with van der Waals surface area (Å²) in [6.45, 7) is 4.72. The highest BCUT2D eigenvalue weighted by Crippen LogP contribution is 2.30. The molecule has 0 atom stereocenters. The Morgan fingerprint density at radius 3 is 1.81 bits per heavy atom. The first-order valence-electron chi connectivity index (χ1n) is 10.0. The summed E-state index contributed by atoms with van der Waals surface area (Å²) >= 11 is 3.24. The van der Waals surface area contributed by atoms with Crippen molar-refractivity contribution in [3.05, 3.63) is 83.4 Å². The third-order valence-electron chi connectivity index (χ3n) is 4.95. The molecule has 0 aliphatic rings. The number of hydrogen-bond donors (Lipinski definition) is 2. The number of aliphatic imine (C=N–C) groups is 1. The van der Waals surface area contributed by atoms with E-state index in [0.717, 1.165) is 36.3 Å². The summed E-state index contributed by atoms with van der Waals surface area (Å²) in [5, 5.41) is 8.39. The summed E-state index contributed by atoms with van der Waals surface area (Å²) in [4.78, 5) is 14.3. The molecular weight excluding hydrogens is 422 g/mol. The van der Waals surface area contributed by atoms with E-state index in [-0.39, 0.29) is 0 Å². The van der Waals surface area contributed by atoms with Gasteiger partial charge in [0, 0.05) is 0 Å². The van der Waals surface area contributed by atoms with Gasteiger partial charge < -0.3 is 10.6 Å². The smallest absolute Gasteiger partial charge is 0.204 e. The van der Waals surface area contributed by atoms with Crippen molar-refractivity contribution in [1.82, 2.24) is 9.97 Å². The zero-order valence-electron chi connectivity index (χ0n) is 17.2. The predicted molar refractivity (Wildman–Crippen MR) is 134 cm³/mol. The predicted octanol–water partition coefficient (Wildman–Crippen LogP) is 6.60. The minimum absolute atomic E-state index is 0.560. The van der Waals surface area contributed by atoms with E-state index in [9.17, 15) is 0 Å². The lowest BCUT2D eigenvalue weighted by atomic mass is 10.2. The molecule has 0 radical (unpaired) electrons. The summed E-state index contributed by atoms with van der Waals surface area (Å²) in [7, 11) is 0. The Hall–Kier alpha value is -3.29. The maximum Gasteiger partial charge on any atom is 0.204 e. The molecule has 0 bridgehead atoms. The molecule has 0 fully saturated rings. The van der Waals surface area contributed by atoms with E-state index in [4.69, 9.17) is 15.0 Å². The molecule has 0 saturated carbocycles. The van der Waals surface area contributed by atoms with Crippen LogP contribution in [0.1, 0.15) is 16.7 Å². The van der Waals surface area contributed by atoms with E-state index in [1.54, 1.807) is 22.7 Å². The zero-order chi connectivity index (χ0) is 21.2. The molecule has 154 valence electrons. The molecular formula is C24H21N5S2. The van der Waals surface area contributed by atoms with Crippen LogP contribution in [0.3, 0.4) is 0 Å². The zero-order valence-corrected chi connectivity index (χ0v) is 18.8. The number of rotatable bonds is 4. The van der Waals surface area contributed by atoms with Gasteiger partial charge in [0.05, 0.1) is 27.0 Å². The van der Waals surface area contributed by atoms with Crippen molar-refractivity contribution < 1.29 is 0 Å². The lowest BCUT2D eigenvalue weighted by Gasteiger charge is -2.08. The second-order valence-corrected chi connectivity index (χ2v) is 9.34. The second kappa shape index (κ2) is 8.45. The molecule has 3 aromatic carbocycles. The molecule has 2 aromatic heterocycles. The van der Waals surface area contributed by atoms with E-state index in [2.05, 4.69) is 73.0 Å². The second-order valence-electron chi connectivity index (χ2n) is 7.28. The fourth-order valence-electron chi connectivity index (χ4n) is 3.35. The number of aromatic nitrogens is 2. The number of anilines is 2. The number of hydrogen-bond acceptors (Lipinski definition) is 5. The lowest BCUT2D eigenvalue weighted by molar-refractivity contribution is 1.06. The van der Waals surface area contributed by atoms with Gasteiger partial charge in [-0.05, 0) is 42.7 Å². The van der Waals surface area contributed by atoms with Gasteiger partial charge in [-0.25, -0.2) is 15.0 Å². The molecule has 7 heteroatoms. The third-order valence-corrected chi connectivity index (χ3v) is 6.83. The highest BCUT2D eigenvalue weighted by atomic mass is 32.1. The fourth-order valence-corrected chi connectivity index (χ4v) is 5.23. The van der Waals surface area contributed by atoms with E-state index in [0.29, 0.717) is 12.5 Å². The molecule has 5 aromatic rings. The molecule has 31 heavy (non-hydrogen) atoms. The largest absolute Gasteiger partial charge is 0.302 e. The van der Waals surface area contributed by atoms with Gasteiger partial charge in [-0.15, -0.1) is 0 Å². The van der Waals surface area contributed by atoms with Crippen LogP contribution in [0.25, 0.3) is 20.4 Å². The Morgan fingerprint density at radius 1 is 0.742 bits per heavy atom. The summed E-state index contributed by atoms with van der Waals surface area (Å²) in [5.74, 6) is 0.636. The monoisotopic (exact) mass is 443 g/mol. The number of aryl methyl sites for hydroxylation is 2. The third kappa shape index (κ3) is 4.28. The van der Waals surface area contributed by atoms with Crippen LogP contribution in [0.2, 0.25) is 0 Å². The molecule has 0 spiro atoms. The maximum atomic E-state index is 4.80. The van der Waals surface area contributed by atoms with Crippen LogP contribution < -0.4 is 10.6 Å². The summed E-state index contributed by atoms with van der Waals surface area (Å²) in [6.07, 6.45) is 0. The first kappa shape index (κ1) is 19.7. The standard InChI is InChI=1S/C24H21N5S2/c1-15-8-6-12-18-20(15)26-23(30-18)28-22(25-14-17-10-4-3-5-11-17)29-24-27-21-16(2)9-7-13-19(21)31-24/h3-13H,14H2,1-2H3,(H2,25,26,27,28,29).